The fourth-order valence-electron chi connectivity index (χ4n) is 2.89. The van der Waals surface area contributed by atoms with E-state index in [1.165, 1.54) is 5.52 Å². The molecule has 2 aromatic rings. The number of aromatic nitrogens is 2. The fourth-order valence-corrected chi connectivity index (χ4v) is 2.89. The highest BCUT2D eigenvalue weighted by molar-refractivity contribution is 5.77. The maximum Gasteiger partial charge on any atom is 0.139 e. The molecule has 1 aromatic heterocycles. The van der Waals surface area contributed by atoms with E-state index in [1.807, 2.05) is 0 Å². The van der Waals surface area contributed by atoms with Gasteiger partial charge in [-0.1, -0.05) is 6.07 Å². The molecule has 2 N–H and O–H groups in total. The number of imidazole rings is 1. The average molecular weight is 259 g/mol. The summed E-state index contributed by atoms with van der Waals surface area (Å²) in [7, 11) is 0. The number of hydrogen-bond donors (Lipinski definition) is 1. The zero-order valence-electron chi connectivity index (χ0n) is 11.6. The SMILES string of the molecule is CCn1c(C2CCC(C)O2)nc2cc(CN)ccc21. The Morgan fingerprint density at radius 3 is 2.89 bits per heavy atom. The Hall–Kier alpha value is -1.39. The summed E-state index contributed by atoms with van der Waals surface area (Å²) < 4.78 is 8.23. The molecule has 4 nitrogen and oxygen atoms in total. The number of nitrogens with zero attached hydrogens (tertiary/aromatic N) is 2. The minimum absolute atomic E-state index is 0.142. The molecule has 0 spiro atoms. The first kappa shape index (κ1) is 12.6. The second-order valence-electron chi connectivity index (χ2n) is 5.25. The molecule has 0 radical (unpaired) electrons. The van der Waals surface area contributed by atoms with E-state index in [9.17, 15) is 0 Å². The first-order valence-electron chi connectivity index (χ1n) is 7.07. The maximum atomic E-state index is 5.97. The first-order valence-corrected chi connectivity index (χ1v) is 7.07. The number of ether oxygens (including phenoxy) is 1. The summed E-state index contributed by atoms with van der Waals surface area (Å²) in [5.41, 5.74) is 9.03. The largest absolute Gasteiger partial charge is 0.367 e. The predicted octanol–water partition coefficient (Wildman–Crippen LogP) is 2.75. The van der Waals surface area contributed by atoms with Gasteiger partial charge < -0.3 is 15.0 Å². The van der Waals surface area contributed by atoms with Gasteiger partial charge in [-0.25, -0.2) is 4.98 Å². The van der Waals surface area contributed by atoms with Gasteiger partial charge in [0.05, 0.1) is 17.1 Å². The van der Waals surface area contributed by atoms with Crippen LogP contribution in [-0.4, -0.2) is 15.7 Å². The van der Waals surface area contributed by atoms with Gasteiger partial charge >= 0.3 is 0 Å². The van der Waals surface area contributed by atoms with Crippen molar-refractivity contribution >= 4 is 11.0 Å². The third kappa shape index (κ3) is 2.15. The van der Waals surface area contributed by atoms with Crippen molar-refractivity contribution < 1.29 is 4.74 Å². The summed E-state index contributed by atoms with van der Waals surface area (Å²) in [5, 5.41) is 0. The minimum Gasteiger partial charge on any atom is -0.367 e. The van der Waals surface area contributed by atoms with Gasteiger partial charge in [0.15, 0.2) is 0 Å². The van der Waals surface area contributed by atoms with Gasteiger partial charge in [-0.2, -0.15) is 0 Å². The monoisotopic (exact) mass is 259 g/mol. The summed E-state index contributed by atoms with van der Waals surface area (Å²) in [4.78, 5) is 4.79. The number of benzene rings is 1. The van der Waals surface area contributed by atoms with E-state index < -0.39 is 0 Å². The molecular weight excluding hydrogens is 238 g/mol. The molecule has 19 heavy (non-hydrogen) atoms. The van der Waals surface area contributed by atoms with E-state index in [4.69, 9.17) is 15.5 Å². The molecule has 1 saturated heterocycles. The number of aryl methyl sites for hydroxylation is 1. The predicted molar refractivity (Wildman–Crippen MR) is 75.8 cm³/mol. The lowest BCUT2D eigenvalue weighted by Gasteiger charge is -2.12. The second kappa shape index (κ2) is 4.94. The lowest BCUT2D eigenvalue weighted by atomic mass is 10.2. The molecule has 0 bridgehead atoms. The summed E-state index contributed by atoms with van der Waals surface area (Å²) in [6.45, 7) is 5.76. The van der Waals surface area contributed by atoms with Gasteiger partial charge in [-0.05, 0) is 44.4 Å². The van der Waals surface area contributed by atoms with E-state index in [-0.39, 0.29) is 6.10 Å². The Balaban J connectivity index is 2.08. The van der Waals surface area contributed by atoms with Crippen LogP contribution in [0.25, 0.3) is 11.0 Å². The molecule has 102 valence electrons. The number of fused-ring (bicyclic) bond motifs is 1. The molecule has 1 aliphatic rings. The van der Waals surface area contributed by atoms with Crippen LogP contribution in [0.2, 0.25) is 0 Å². The number of hydrogen-bond acceptors (Lipinski definition) is 3. The van der Waals surface area contributed by atoms with Crippen molar-refractivity contribution in [3.8, 4) is 0 Å². The van der Waals surface area contributed by atoms with E-state index >= 15 is 0 Å². The smallest absolute Gasteiger partial charge is 0.139 e. The molecule has 1 fully saturated rings. The Kier molecular flexibility index (Phi) is 3.29. The minimum atomic E-state index is 0.142. The van der Waals surface area contributed by atoms with Crippen LogP contribution in [0, 0.1) is 0 Å². The molecule has 0 saturated carbocycles. The first-order chi connectivity index (χ1) is 9.22. The second-order valence-corrected chi connectivity index (χ2v) is 5.25. The molecule has 0 aliphatic carbocycles. The van der Waals surface area contributed by atoms with Crippen molar-refractivity contribution in [2.24, 2.45) is 5.73 Å². The third-order valence-electron chi connectivity index (χ3n) is 3.91. The molecule has 2 atom stereocenters. The highest BCUT2D eigenvalue weighted by Gasteiger charge is 2.27. The van der Waals surface area contributed by atoms with Crippen molar-refractivity contribution in [1.29, 1.82) is 0 Å². The normalized spacial score (nSPS) is 23.3. The topological polar surface area (TPSA) is 53.1 Å². The maximum absolute atomic E-state index is 5.97. The van der Waals surface area contributed by atoms with Gasteiger partial charge in [-0.15, -0.1) is 0 Å². The Morgan fingerprint density at radius 2 is 2.26 bits per heavy atom. The van der Waals surface area contributed by atoms with Crippen molar-refractivity contribution in [3.63, 3.8) is 0 Å². The van der Waals surface area contributed by atoms with Crippen LogP contribution in [0.3, 0.4) is 0 Å². The molecule has 2 unspecified atom stereocenters. The summed E-state index contributed by atoms with van der Waals surface area (Å²) in [6, 6.07) is 6.29. The highest BCUT2D eigenvalue weighted by Crippen LogP contribution is 2.33. The van der Waals surface area contributed by atoms with Crippen molar-refractivity contribution in [2.75, 3.05) is 0 Å². The van der Waals surface area contributed by atoms with Crippen LogP contribution >= 0.6 is 0 Å². The molecule has 1 aromatic carbocycles. The van der Waals surface area contributed by atoms with Crippen molar-refractivity contribution in [1.82, 2.24) is 9.55 Å². The van der Waals surface area contributed by atoms with Gasteiger partial charge in [0.25, 0.3) is 0 Å². The lowest BCUT2D eigenvalue weighted by Crippen LogP contribution is -2.08. The quantitative estimate of drug-likeness (QED) is 0.922. The summed E-state index contributed by atoms with van der Waals surface area (Å²) >= 11 is 0. The van der Waals surface area contributed by atoms with Crippen LogP contribution in [0.5, 0.6) is 0 Å². The highest BCUT2D eigenvalue weighted by atomic mass is 16.5. The molecular formula is C15H21N3O. The molecule has 3 rings (SSSR count). The third-order valence-corrected chi connectivity index (χ3v) is 3.91. The standard InChI is InChI=1S/C15H21N3O/c1-3-18-13-6-5-11(9-16)8-12(13)17-15(18)14-7-4-10(2)19-14/h5-6,8,10,14H,3-4,7,9,16H2,1-2H3. The van der Waals surface area contributed by atoms with Crippen LogP contribution < -0.4 is 5.73 Å². The van der Waals surface area contributed by atoms with Gasteiger partial charge in [0, 0.05) is 13.1 Å². The Labute approximate surface area is 113 Å². The van der Waals surface area contributed by atoms with E-state index in [1.54, 1.807) is 0 Å². The van der Waals surface area contributed by atoms with E-state index in [0.717, 1.165) is 36.3 Å². The number of rotatable bonds is 3. The molecule has 4 heteroatoms. The van der Waals surface area contributed by atoms with Crippen LogP contribution in [-0.2, 0) is 17.8 Å². The average Bonchev–Trinajstić information content (AvgIpc) is 3.00. The van der Waals surface area contributed by atoms with Crippen molar-refractivity contribution in [3.05, 3.63) is 29.6 Å². The van der Waals surface area contributed by atoms with E-state index in [0.29, 0.717) is 12.6 Å². The number of nitrogens with two attached hydrogens (primary N) is 1. The van der Waals surface area contributed by atoms with Gasteiger partial charge in [0.2, 0.25) is 0 Å². The summed E-state index contributed by atoms with van der Waals surface area (Å²) in [6.07, 6.45) is 2.67. The van der Waals surface area contributed by atoms with Crippen LogP contribution in [0.4, 0.5) is 0 Å². The molecule has 0 amide bonds. The van der Waals surface area contributed by atoms with Crippen LogP contribution in [0.1, 0.15) is 44.2 Å². The van der Waals surface area contributed by atoms with Gasteiger partial charge in [0.1, 0.15) is 11.9 Å². The van der Waals surface area contributed by atoms with Gasteiger partial charge in [-0.3, -0.25) is 0 Å². The summed E-state index contributed by atoms with van der Waals surface area (Å²) in [5.74, 6) is 1.07. The Bertz CT molecular complexity index is 590. The van der Waals surface area contributed by atoms with Crippen molar-refractivity contribution in [2.45, 2.75) is 52.0 Å². The zero-order chi connectivity index (χ0) is 13.4. The Morgan fingerprint density at radius 1 is 1.42 bits per heavy atom. The van der Waals surface area contributed by atoms with E-state index in [2.05, 4.69) is 36.6 Å². The molecule has 1 aliphatic heterocycles. The lowest BCUT2D eigenvalue weighted by molar-refractivity contribution is 0.0485. The molecule has 2 heterocycles. The zero-order valence-corrected chi connectivity index (χ0v) is 11.6. The van der Waals surface area contributed by atoms with Crippen LogP contribution in [0.15, 0.2) is 18.2 Å². The fraction of sp³-hybridized carbons (Fsp3) is 0.533.